The maximum atomic E-state index is 11.7. The molecule has 0 spiro atoms. The van der Waals surface area contributed by atoms with Crippen molar-refractivity contribution in [3.8, 4) is 0 Å². The average Bonchev–Trinajstić information content (AvgIpc) is 3.19. The lowest BCUT2D eigenvalue weighted by Gasteiger charge is -2.17. The Hall–Kier alpha value is -3.08. The molecule has 324 valence electrons. The molecule has 57 heavy (non-hydrogen) atoms. The zero-order valence-corrected chi connectivity index (χ0v) is 37.4. The highest BCUT2D eigenvalue weighted by Gasteiger charge is 2.09. The fourth-order valence-corrected chi connectivity index (χ4v) is 7.49. The Morgan fingerprint density at radius 2 is 0.912 bits per heavy atom. The number of rotatable bonds is 43. The zero-order valence-electron chi connectivity index (χ0n) is 37.4. The Balaban J connectivity index is 1.86. The van der Waals surface area contributed by atoms with Crippen LogP contribution in [0.5, 0.6) is 0 Å². The molecule has 0 bridgehead atoms. The van der Waals surface area contributed by atoms with Gasteiger partial charge in [-0.3, -0.25) is 0 Å². The zero-order chi connectivity index (χ0) is 41.6. The Bertz CT molecular complexity index is 1200. The number of aryl methyl sites for hydroxylation is 1. The van der Waals surface area contributed by atoms with Crippen LogP contribution in [-0.4, -0.2) is 31.2 Å². The number of allylic oxidation sites excluding steroid dienone is 4. The molecule has 1 aromatic carbocycles. The molecule has 1 atom stereocenters. The first-order valence-electron chi connectivity index (χ1n) is 23.6. The van der Waals surface area contributed by atoms with E-state index in [4.69, 9.17) is 0 Å². The molecule has 0 radical (unpaired) electrons. The molecule has 5 nitrogen and oxygen atoms in total. The Morgan fingerprint density at radius 1 is 0.526 bits per heavy atom. The first-order chi connectivity index (χ1) is 27.7. The number of aldehydes is 1. The molecular formula is C52H89N3O2. The third-order valence-corrected chi connectivity index (χ3v) is 11.3. The van der Waals surface area contributed by atoms with E-state index in [1.165, 1.54) is 157 Å². The van der Waals surface area contributed by atoms with Crippen molar-refractivity contribution in [2.75, 3.05) is 13.1 Å². The number of nitrogens with one attached hydrogen (secondary N) is 3. The monoisotopic (exact) mass is 788 g/mol. The predicted octanol–water partition coefficient (Wildman–Crippen LogP) is 14.3. The fraction of sp³-hybridized carbons (Fsp3) is 0.692. The van der Waals surface area contributed by atoms with Crippen LogP contribution in [0.4, 0.5) is 0 Å². The summed E-state index contributed by atoms with van der Waals surface area (Å²) in [6.07, 6.45) is 38.0. The molecule has 0 amide bonds. The van der Waals surface area contributed by atoms with Gasteiger partial charge >= 0.3 is 0 Å². The molecular weight excluding hydrogens is 699 g/mol. The van der Waals surface area contributed by atoms with Gasteiger partial charge in [-0.15, -0.1) is 0 Å². The smallest absolute Gasteiger partial charge is 0.142 e. The third-order valence-electron chi connectivity index (χ3n) is 11.3. The van der Waals surface area contributed by atoms with E-state index < -0.39 is 0 Å². The molecule has 0 fully saturated rings. The van der Waals surface area contributed by atoms with Crippen molar-refractivity contribution < 1.29 is 9.59 Å². The first-order valence-corrected chi connectivity index (χ1v) is 23.6. The van der Waals surface area contributed by atoms with Crippen molar-refractivity contribution in [1.82, 2.24) is 16.0 Å². The quantitative estimate of drug-likeness (QED) is 0.0349. The van der Waals surface area contributed by atoms with Crippen LogP contribution in [0.2, 0.25) is 0 Å². The van der Waals surface area contributed by atoms with Gasteiger partial charge < -0.3 is 25.5 Å². The summed E-state index contributed by atoms with van der Waals surface area (Å²) in [7, 11) is 0. The Labute approximate surface area is 352 Å². The molecule has 0 saturated carbocycles. The lowest BCUT2D eigenvalue weighted by Crippen LogP contribution is -2.30. The maximum Gasteiger partial charge on any atom is 0.142 e. The van der Waals surface area contributed by atoms with E-state index in [1.807, 2.05) is 0 Å². The Kier molecular flexibility index (Phi) is 33.9. The number of carbonyl (C=O) groups excluding carboxylic acids is 2. The summed E-state index contributed by atoms with van der Waals surface area (Å²) in [6, 6.07) is 8.64. The van der Waals surface area contributed by atoms with Crippen LogP contribution in [0.25, 0.3) is 0 Å². The number of unbranched alkanes of at least 4 members (excludes halogenated alkanes) is 21. The van der Waals surface area contributed by atoms with Crippen LogP contribution in [0.15, 0.2) is 73.2 Å². The fourth-order valence-electron chi connectivity index (χ4n) is 7.49. The van der Waals surface area contributed by atoms with Gasteiger partial charge in [0.15, 0.2) is 0 Å². The van der Waals surface area contributed by atoms with Gasteiger partial charge in [-0.1, -0.05) is 177 Å². The van der Waals surface area contributed by atoms with E-state index >= 15 is 0 Å². The van der Waals surface area contributed by atoms with Crippen molar-refractivity contribution in [1.29, 1.82) is 0 Å². The highest BCUT2D eigenvalue weighted by Crippen LogP contribution is 2.17. The standard InChI is InChI=1S/C52H89N3O2/c1-45-35-38-51(39-36-45)43-46(2)31-25-19-17-23-29-41-53-47(3)32-26-21-18-24-30-42-54-48(4)37-40-52(44-56)55-49(5)33-27-20-15-13-11-9-7-8-10-12-14-16-22-28-34-50(6)57/h35-36,38-39,44,52-55H,2-5,7-34,37,40-43H2,1,6H3. The molecule has 0 aliphatic carbocycles. The van der Waals surface area contributed by atoms with Crippen molar-refractivity contribution in [3.63, 3.8) is 0 Å². The first kappa shape index (κ1) is 51.9. The van der Waals surface area contributed by atoms with Gasteiger partial charge in [-0.05, 0) is 96.5 Å². The maximum absolute atomic E-state index is 11.7. The molecule has 0 aromatic heterocycles. The minimum absolute atomic E-state index is 0.191. The number of Topliss-reactive ketones (excluding diaryl/α,β-unsaturated/α-hetero) is 1. The van der Waals surface area contributed by atoms with Crippen LogP contribution in [0, 0.1) is 6.92 Å². The van der Waals surface area contributed by atoms with Crippen molar-refractivity contribution in [2.45, 2.75) is 219 Å². The lowest BCUT2D eigenvalue weighted by molar-refractivity contribution is -0.117. The van der Waals surface area contributed by atoms with E-state index in [1.54, 1.807) is 6.92 Å². The van der Waals surface area contributed by atoms with Gasteiger partial charge in [0.1, 0.15) is 12.1 Å². The van der Waals surface area contributed by atoms with E-state index in [-0.39, 0.29) is 6.04 Å². The van der Waals surface area contributed by atoms with Gasteiger partial charge in [-0.25, -0.2) is 0 Å². The summed E-state index contributed by atoms with van der Waals surface area (Å²) < 4.78 is 0. The summed E-state index contributed by atoms with van der Waals surface area (Å²) in [5.74, 6) is 0.327. The number of benzene rings is 1. The predicted molar refractivity (Wildman–Crippen MR) is 250 cm³/mol. The van der Waals surface area contributed by atoms with E-state index in [0.29, 0.717) is 5.78 Å². The van der Waals surface area contributed by atoms with E-state index in [0.717, 1.165) is 95.0 Å². The molecule has 1 unspecified atom stereocenters. The molecule has 5 heteroatoms. The molecule has 0 aliphatic heterocycles. The topological polar surface area (TPSA) is 70.2 Å². The van der Waals surface area contributed by atoms with Gasteiger partial charge in [-0.2, -0.15) is 0 Å². The second-order valence-corrected chi connectivity index (χ2v) is 17.2. The summed E-state index contributed by atoms with van der Waals surface area (Å²) in [5, 5.41) is 10.4. The van der Waals surface area contributed by atoms with Crippen LogP contribution in [0.3, 0.4) is 0 Å². The minimum atomic E-state index is -0.191. The van der Waals surface area contributed by atoms with Crippen LogP contribution < -0.4 is 16.0 Å². The number of hydrogen-bond acceptors (Lipinski definition) is 5. The SMILES string of the molecule is C=C(CCCCCCCNC(=C)CCCCCCCNC(=C)CCC(C=O)NC(=C)CCCCCCCCCCCCCCCCC(C)=O)Cc1ccc(C)cc1. The molecule has 0 saturated heterocycles. The van der Waals surface area contributed by atoms with Crippen LogP contribution >= 0.6 is 0 Å². The number of hydrogen-bond donors (Lipinski definition) is 3. The van der Waals surface area contributed by atoms with E-state index in [9.17, 15) is 9.59 Å². The van der Waals surface area contributed by atoms with Crippen LogP contribution in [-0.2, 0) is 16.0 Å². The largest absolute Gasteiger partial charge is 0.389 e. The summed E-state index contributed by atoms with van der Waals surface area (Å²) in [5.41, 5.74) is 7.25. The van der Waals surface area contributed by atoms with Gasteiger partial charge in [0.25, 0.3) is 0 Å². The number of carbonyl (C=O) groups is 2. The normalized spacial score (nSPS) is 11.5. The summed E-state index contributed by atoms with van der Waals surface area (Å²) >= 11 is 0. The highest BCUT2D eigenvalue weighted by atomic mass is 16.1. The summed E-state index contributed by atoms with van der Waals surface area (Å²) in [6.45, 7) is 22.8. The molecule has 0 heterocycles. The second-order valence-electron chi connectivity index (χ2n) is 17.2. The summed E-state index contributed by atoms with van der Waals surface area (Å²) in [4.78, 5) is 22.7. The molecule has 0 aliphatic rings. The average molecular weight is 788 g/mol. The van der Waals surface area contributed by atoms with Gasteiger partial charge in [0.05, 0.1) is 6.04 Å². The molecule has 1 aromatic rings. The molecule has 3 N–H and O–H groups in total. The van der Waals surface area contributed by atoms with Gasteiger partial charge in [0.2, 0.25) is 0 Å². The van der Waals surface area contributed by atoms with Crippen molar-refractivity contribution >= 4 is 12.1 Å². The molecule has 1 rings (SSSR count). The number of ketones is 1. The highest BCUT2D eigenvalue weighted by molar-refractivity contribution is 5.75. The minimum Gasteiger partial charge on any atom is -0.389 e. The van der Waals surface area contributed by atoms with Crippen molar-refractivity contribution in [3.05, 3.63) is 84.4 Å². The van der Waals surface area contributed by atoms with Crippen molar-refractivity contribution in [2.24, 2.45) is 0 Å². The van der Waals surface area contributed by atoms with E-state index in [2.05, 4.69) is 73.5 Å². The van der Waals surface area contributed by atoms with Gasteiger partial charge in [0, 0.05) is 36.6 Å². The second kappa shape index (κ2) is 37.2. The lowest BCUT2D eigenvalue weighted by atomic mass is 10.00. The Morgan fingerprint density at radius 3 is 1.37 bits per heavy atom. The third kappa shape index (κ3) is 34.7. The van der Waals surface area contributed by atoms with Crippen LogP contribution in [0.1, 0.15) is 211 Å².